The van der Waals surface area contributed by atoms with Crippen LogP contribution in [0.5, 0.6) is 0 Å². The highest BCUT2D eigenvalue weighted by atomic mass is 16.1. The minimum absolute atomic E-state index is 0.0857. The van der Waals surface area contributed by atoms with Crippen molar-refractivity contribution in [3.63, 3.8) is 0 Å². The number of carbonyl (C=O) groups is 1. The van der Waals surface area contributed by atoms with Crippen LogP contribution in [0.4, 0.5) is 0 Å². The highest BCUT2D eigenvalue weighted by molar-refractivity contribution is 5.99. The van der Waals surface area contributed by atoms with Crippen molar-refractivity contribution >= 4 is 5.78 Å². The molecule has 0 N–H and O–H groups in total. The Balaban J connectivity index is 2.97. The minimum atomic E-state index is -0.569. The van der Waals surface area contributed by atoms with E-state index in [0.29, 0.717) is 5.56 Å². The first-order valence-electron chi connectivity index (χ1n) is 5.40. The lowest BCUT2D eigenvalue weighted by Crippen LogP contribution is -2.13. The molecule has 1 aromatic rings. The van der Waals surface area contributed by atoms with Crippen molar-refractivity contribution in [2.45, 2.75) is 33.1 Å². The van der Waals surface area contributed by atoms with Crippen LogP contribution in [0.2, 0.25) is 0 Å². The third-order valence-corrected chi connectivity index (χ3v) is 2.62. The van der Waals surface area contributed by atoms with Gasteiger partial charge >= 0.3 is 0 Å². The molecule has 1 atom stereocenters. The molecule has 1 rings (SSSR count). The first-order chi connectivity index (χ1) is 7.36. The molecule has 0 aliphatic rings. The van der Waals surface area contributed by atoms with Gasteiger partial charge in [0.1, 0.15) is 5.92 Å². The zero-order valence-corrected chi connectivity index (χ0v) is 10.2. The average Bonchev–Trinajstić information content (AvgIpc) is 2.26. The molecule has 0 heterocycles. The molecule has 0 aliphatic heterocycles. The van der Waals surface area contributed by atoms with E-state index in [1.165, 1.54) is 5.56 Å². The monoisotopic (exact) mass is 215 g/mol. The van der Waals surface area contributed by atoms with Crippen molar-refractivity contribution in [2.24, 2.45) is 5.92 Å². The lowest BCUT2D eigenvalue weighted by Gasteiger charge is -2.19. The predicted octanol–water partition coefficient (Wildman–Crippen LogP) is 3.33. The van der Waals surface area contributed by atoms with Gasteiger partial charge in [-0.3, -0.25) is 4.79 Å². The highest BCUT2D eigenvalue weighted by Gasteiger charge is 2.17. The third-order valence-electron chi connectivity index (χ3n) is 2.62. The normalized spacial score (nSPS) is 12.9. The Morgan fingerprint density at radius 2 is 1.75 bits per heavy atom. The van der Waals surface area contributed by atoms with Crippen LogP contribution in [-0.4, -0.2) is 5.78 Å². The van der Waals surface area contributed by atoms with Crippen LogP contribution in [0.15, 0.2) is 24.3 Å². The summed E-state index contributed by atoms with van der Waals surface area (Å²) in [5.74, 6) is -0.677. The van der Waals surface area contributed by atoms with Gasteiger partial charge in [0.15, 0.2) is 5.78 Å². The van der Waals surface area contributed by atoms with Crippen LogP contribution in [0, 0.1) is 17.2 Å². The Morgan fingerprint density at radius 3 is 2.12 bits per heavy atom. The Bertz CT molecular complexity index is 418. The second-order valence-corrected chi connectivity index (χ2v) is 5.04. The van der Waals surface area contributed by atoms with E-state index in [9.17, 15) is 4.79 Å². The van der Waals surface area contributed by atoms with Crippen LogP contribution >= 0.6 is 0 Å². The largest absolute Gasteiger partial charge is 0.293 e. The molecule has 2 nitrogen and oxygen atoms in total. The number of nitrogens with zero attached hydrogens (tertiary/aromatic N) is 1. The number of benzene rings is 1. The van der Waals surface area contributed by atoms with E-state index in [-0.39, 0.29) is 11.2 Å². The molecule has 16 heavy (non-hydrogen) atoms. The van der Waals surface area contributed by atoms with Gasteiger partial charge in [-0.25, -0.2) is 0 Å². The van der Waals surface area contributed by atoms with Gasteiger partial charge in [0.05, 0.1) is 6.07 Å². The minimum Gasteiger partial charge on any atom is -0.293 e. The molecule has 1 aromatic carbocycles. The summed E-state index contributed by atoms with van der Waals surface area (Å²) in [4.78, 5) is 11.7. The molecular formula is C14H17NO. The van der Waals surface area contributed by atoms with Crippen LogP contribution in [-0.2, 0) is 5.41 Å². The van der Waals surface area contributed by atoms with E-state index >= 15 is 0 Å². The molecule has 0 radical (unpaired) electrons. The maximum absolute atomic E-state index is 11.7. The molecule has 0 bridgehead atoms. The standard InChI is InChI=1S/C14H17NO/c1-10(9-15)13(16)11-5-7-12(8-6-11)14(2,3)4/h5-8,10H,1-4H3/t10-/m0/s1. The maximum atomic E-state index is 11.7. The molecule has 84 valence electrons. The second kappa shape index (κ2) is 4.49. The Labute approximate surface area is 96.9 Å². The van der Waals surface area contributed by atoms with Gasteiger partial charge in [-0.2, -0.15) is 5.26 Å². The van der Waals surface area contributed by atoms with Gasteiger partial charge in [0.2, 0.25) is 0 Å². The molecule has 0 unspecified atom stereocenters. The topological polar surface area (TPSA) is 40.9 Å². The first kappa shape index (κ1) is 12.4. The summed E-state index contributed by atoms with van der Waals surface area (Å²) < 4.78 is 0. The van der Waals surface area contributed by atoms with Crippen molar-refractivity contribution in [2.75, 3.05) is 0 Å². The van der Waals surface area contributed by atoms with Crippen molar-refractivity contribution in [3.05, 3.63) is 35.4 Å². The lowest BCUT2D eigenvalue weighted by atomic mass is 9.86. The van der Waals surface area contributed by atoms with Crippen molar-refractivity contribution in [1.82, 2.24) is 0 Å². The van der Waals surface area contributed by atoms with Gasteiger partial charge in [-0.15, -0.1) is 0 Å². The van der Waals surface area contributed by atoms with Gasteiger partial charge in [-0.05, 0) is 17.9 Å². The number of nitriles is 1. The SMILES string of the molecule is C[C@@H](C#N)C(=O)c1ccc(C(C)(C)C)cc1. The molecule has 0 spiro atoms. The molecular weight excluding hydrogens is 198 g/mol. The molecule has 0 fully saturated rings. The number of hydrogen-bond acceptors (Lipinski definition) is 2. The van der Waals surface area contributed by atoms with E-state index < -0.39 is 5.92 Å². The van der Waals surface area contributed by atoms with E-state index in [4.69, 9.17) is 5.26 Å². The van der Waals surface area contributed by atoms with Crippen molar-refractivity contribution in [3.8, 4) is 6.07 Å². The van der Waals surface area contributed by atoms with E-state index in [1.54, 1.807) is 19.1 Å². The van der Waals surface area contributed by atoms with Crippen LogP contribution in [0.1, 0.15) is 43.6 Å². The first-order valence-corrected chi connectivity index (χ1v) is 5.40. The number of rotatable bonds is 2. The summed E-state index contributed by atoms with van der Waals surface area (Å²) in [7, 11) is 0. The molecule has 2 heteroatoms. The molecule has 0 amide bonds. The second-order valence-electron chi connectivity index (χ2n) is 5.04. The number of carbonyl (C=O) groups excluding carboxylic acids is 1. The average molecular weight is 215 g/mol. The Kier molecular flexibility index (Phi) is 3.49. The van der Waals surface area contributed by atoms with E-state index in [0.717, 1.165) is 0 Å². The fraction of sp³-hybridized carbons (Fsp3) is 0.429. The van der Waals surface area contributed by atoms with E-state index in [1.807, 2.05) is 18.2 Å². The van der Waals surface area contributed by atoms with Crippen LogP contribution in [0.25, 0.3) is 0 Å². The number of ketones is 1. The van der Waals surface area contributed by atoms with E-state index in [2.05, 4.69) is 20.8 Å². The van der Waals surface area contributed by atoms with Gasteiger partial charge in [-0.1, -0.05) is 45.0 Å². The quantitative estimate of drug-likeness (QED) is 0.710. The molecule has 0 aromatic heterocycles. The number of Topliss-reactive ketones (excluding diaryl/α,β-unsaturated/α-hetero) is 1. The molecule has 0 saturated carbocycles. The summed E-state index contributed by atoms with van der Waals surface area (Å²) in [6, 6.07) is 9.47. The van der Waals surface area contributed by atoms with Gasteiger partial charge in [0, 0.05) is 5.56 Å². The lowest BCUT2D eigenvalue weighted by molar-refractivity contribution is 0.0956. The fourth-order valence-electron chi connectivity index (χ4n) is 1.44. The summed E-state index contributed by atoms with van der Waals surface area (Å²) in [5.41, 5.74) is 1.89. The summed E-state index contributed by atoms with van der Waals surface area (Å²) in [6.45, 7) is 8.01. The zero-order valence-electron chi connectivity index (χ0n) is 10.2. The fourth-order valence-corrected chi connectivity index (χ4v) is 1.44. The molecule has 0 saturated heterocycles. The summed E-state index contributed by atoms with van der Waals surface area (Å²) >= 11 is 0. The van der Waals surface area contributed by atoms with Crippen LogP contribution in [0.3, 0.4) is 0 Å². The predicted molar refractivity (Wildman–Crippen MR) is 64.2 cm³/mol. The smallest absolute Gasteiger partial charge is 0.179 e. The highest BCUT2D eigenvalue weighted by Crippen LogP contribution is 2.22. The zero-order chi connectivity index (χ0) is 12.3. The van der Waals surface area contributed by atoms with Gasteiger partial charge in [0.25, 0.3) is 0 Å². The molecule has 0 aliphatic carbocycles. The third kappa shape index (κ3) is 2.70. The summed E-state index contributed by atoms with van der Waals surface area (Å²) in [5, 5.41) is 8.68. The summed E-state index contributed by atoms with van der Waals surface area (Å²) in [6.07, 6.45) is 0. The van der Waals surface area contributed by atoms with Crippen LogP contribution < -0.4 is 0 Å². The van der Waals surface area contributed by atoms with Crippen molar-refractivity contribution in [1.29, 1.82) is 5.26 Å². The Hall–Kier alpha value is -1.62. The maximum Gasteiger partial charge on any atom is 0.179 e. The Morgan fingerprint density at radius 1 is 1.25 bits per heavy atom. The van der Waals surface area contributed by atoms with Gasteiger partial charge < -0.3 is 0 Å². The van der Waals surface area contributed by atoms with Crippen molar-refractivity contribution < 1.29 is 4.79 Å². The number of hydrogen-bond donors (Lipinski definition) is 0.